The fourth-order valence-electron chi connectivity index (χ4n) is 1.82. The van der Waals surface area contributed by atoms with Gasteiger partial charge < -0.3 is 15.8 Å². The van der Waals surface area contributed by atoms with E-state index in [-0.39, 0.29) is 30.7 Å². The molecule has 0 aromatic heterocycles. The van der Waals surface area contributed by atoms with E-state index in [1.807, 2.05) is 6.92 Å². The molecule has 9 heteroatoms. The topological polar surface area (TPSA) is 102 Å². The van der Waals surface area contributed by atoms with E-state index < -0.39 is 21.3 Å². The highest BCUT2D eigenvalue weighted by molar-refractivity contribution is 7.92. The van der Waals surface area contributed by atoms with Gasteiger partial charge >= 0.3 is 0 Å². The van der Waals surface area contributed by atoms with E-state index in [9.17, 15) is 13.2 Å². The van der Waals surface area contributed by atoms with Crippen LogP contribution in [0.4, 0.5) is 0 Å². The number of ether oxygens (including phenoxy) is 1. The molecule has 0 aromatic rings. The highest BCUT2D eigenvalue weighted by atomic mass is 32.2. The van der Waals surface area contributed by atoms with Crippen molar-refractivity contribution in [1.82, 2.24) is 9.62 Å². The van der Waals surface area contributed by atoms with Crippen molar-refractivity contribution in [2.75, 3.05) is 26.3 Å². The Morgan fingerprint density at radius 2 is 2.25 bits per heavy atom. The summed E-state index contributed by atoms with van der Waals surface area (Å²) in [5, 5.41) is 1.68. The lowest BCUT2D eigenvalue weighted by atomic mass is 10.2. The zero-order chi connectivity index (χ0) is 15.3. The molecule has 2 atom stereocenters. The summed E-state index contributed by atoms with van der Waals surface area (Å²) in [7, 11) is -3.75. The summed E-state index contributed by atoms with van der Waals surface area (Å²) in [4.78, 5) is 11.9. The third-order valence-corrected chi connectivity index (χ3v) is 5.85. The first-order valence-corrected chi connectivity index (χ1v) is 8.39. The van der Waals surface area contributed by atoms with Crippen LogP contribution in [0.15, 0.2) is 0 Å². The third kappa shape index (κ3) is 3.87. The van der Waals surface area contributed by atoms with Crippen LogP contribution in [0.25, 0.3) is 0 Å². The molecule has 1 aliphatic heterocycles. The zero-order valence-corrected chi connectivity index (χ0v) is 13.3. The molecule has 0 saturated carbocycles. The van der Waals surface area contributed by atoms with Crippen molar-refractivity contribution in [3.63, 3.8) is 0 Å². The molecule has 116 valence electrons. The maximum atomic E-state index is 12.4. The van der Waals surface area contributed by atoms with E-state index in [1.165, 1.54) is 6.92 Å². The molecule has 0 bridgehead atoms. The number of rotatable bonds is 6. The molecule has 7 nitrogen and oxygen atoms in total. The van der Waals surface area contributed by atoms with Gasteiger partial charge in [0, 0.05) is 13.1 Å². The summed E-state index contributed by atoms with van der Waals surface area (Å²) in [5.41, 5.74) is 5.42. The Kier molecular flexibility index (Phi) is 6.31. The molecule has 3 N–H and O–H groups in total. The summed E-state index contributed by atoms with van der Waals surface area (Å²) in [5.74, 6) is -0.356. The second-order valence-electron chi connectivity index (χ2n) is 4.58. The quantitative estimate of drug-likeness (QED) is 0.622. The molecule has 0 aliphatic carbocycles. The molecule has 1 rings (SSSR count). The summed E-state index contributed by atoms with van der Waals surface area (Å²) in [6, 6.07) is -0.864. The Hall–Kier alpha value is -0.770. The molecule has 0 radical (unpaired) electrons. The minimum atomic E-state index is -3.75. The number of nitrogens with one attached hydrogen (secondary N) is 1. The predicted octanol–water partition coefficient (Wildman–Crippen LogP) is -0.782. The number of nitrogens with zero attached hydrogens (tertiary/aromatic N) is 1. The van der Waals surface area contributed by atoms with E-state index in [0.29, 0.717) is 6.54 Å². The first-order chi connectivity index (χ1) is 9.32. The minimum Gasteiger partial charge on any atom is -0.392 e. The molecule has 1 aliphatic rings. The Morgan fingerprint density at radius 1 is 1.60 bits per heavy atom. The number of hydrogen-bond donors (Lipinski definition) is 2. The summed E-state index contributed by atoms with van der Waals surface area (Å²) >= 11 is 4.75. The van der Waals surface area contributed by atoms with Crippen molar-refractivity contribution >= 4 is 33.1 Å². The predicted molar refractivity (Wildman–Crippen MR) is 79.8 cm³/mol. The summed E-state index contributed by atoms with van der Waals surface area (Å²) in [6.45, 7) is 4.25. The van der Waals surface area contributed by atoms with Gasteiger partial charge in [0.05, 0.1) is 18.2 Å². The number of morpholine rings is 1. The number of carbonyl (C=O) groups is 1. The number of hydrogen-bond acceptors (Lipinski definition) is 5. The summed E-state index contributed by atoms with van der Waals surface area (Å²) < 4.78 is 31.2. The third-order valence-electron chi connectivity index (χ3n) is 3.11. The van der Waals surface area contributed by atoms with E-state index in [4.69, 9.17) is 22.7 Å². The van der Waals surface area contributed by atoms with Gasteiger partial charge in [0.2, 0.25) is 15.9 Å². The van der Waals surface area contributed by atoms with Gasteiger partial charge in [-0.15, -0.1) is 0 Å². The highest BCUT2D eigenvalue weighted by Crippen LogP contribution is 2.17. The minimum absolute atomic E-state index is 0.0405. The van der Waals surface area contributed by atoms with Crippen LogP contribution >= 0.6 is 12.2 Å². The lowest BCUT2D eigenvalue weighted by Gasteiger charge is -2.35. The molecule has 20 heavy (non-hydrogen) atoms. The lowest BCUT2D eigenvalue weighted by Crippen LogP contribution is -2.58. The number of amides is 1. The van der Waals surface area contributed by atoms with E-state index in [1.54, 1.807) is 0 Å². The Balaban J connectivity index is 2.94. The van der Waals surface area contributed by atoms with E-state index in [2.05, 4.69) is 5.32 Å². The number of nitrogens with two attached hydrogens (primary N) is 1. The average molecular weight is 323 g/mol. The van der Waals surface area contributed by atoms with Gasteiger partial charge in [0.15, 0.2) is 0 Å². The lowest BCUT2D eigenvalue weighted by molar-refractivity contribution is -0.129. The highest BCUT2D eigenvalue weighted by Gasteiger charge is 2.40. The maximum Gasteiger partial charge on any atom is 0.240 e. The fraction of sp³-hybridized carbons (Fsp3) is 0.818. The maximum absolute atomic E-state index is 12.4. The van der Waals surface area contributed by atoms with Crippen LogP contribution in [-0.2, 0) is 19.6 Å². The molecular formula is C11H21N3O4S2. The molecule has 1 saturated heterocycles. The summed E-state index contributed by atoms with van der Waals surface area (Å²) in [6.07, 6.45) is 0.773. The van der Waals surface area contributed by atoms with Crippen molar-refractivity contribution in [1.29, 1.82) is 0 Å². The molecule has 0 spiro atoms. The molecular weight excluding hydrogens is 302 g/mol. The molecule has 0 aromatic carbocycles. The Bertz CT molecular complexity index is 466. The Labute approximate surface area is 124 Å². The van der Waals surface area contributed by atoms with Crippen molar-refractivity contribution in [3.8, 4) is 0 Å². The van der Waals surface area contributed by atoms with Crippen LogP contribution in [0.5, 0.6) is 0 Å². The number of sulfonamides is 1. The van der Waals surface area contributed by atoms with Gasteiger partial charge in [-0.2, -0.15) is 4.31 Å². The van der Waals surface area contributed by atoms with Crippen molar-refractivity contribution in [2.24, 2.45) is 5.73 Å². The van der Waals surface area contributed by atoms with Gasteiger partial charge in [0.25, 0.3) is 0 Å². The van der Waals surface area contributed by atoms with Crippen molar-refractivity contribution < 1.29 is 17.9 Å². The van der Waals surface area contributed by atoms with Crippen LogP contribution in [-0.4, -0.2) is 61.2 Å². The SMILES string of the molecule is CCCNC(=O)C1COCCN1S(=O)(=O)C(C)C(N)=S. The van der Waals surface area contributed by atoms with Crippen LogP contribution < -0.4 is 11.1 Å². The second kappa shape index (κ2) is 7.30. The van der Waals surface area contributed by atoms with Crippen LogP contribution in [0.1, 0.15) is 20.3 Å². The first-order valence-electron chi connectivity index (χ1n) is 6.47. The van der Waals surface area contributed by atoms with Crippen LogP contribution in [0.2, 0.25) is 0 Å². The van der Waals surface area contributed by atoms with Gasteiger partial charge in [-0.1, -0.05) is 19.1 Å². The molecule has 1 fully saturated rings. The van der Waals surface area contributed by atoms with Gasteiger partial charge in [-0.3, -0.25) is 4.79 Å². The fourth-order valence-corrected chi connectivity index (χ4v) is 3.72. The van der Waals surface area contributed by atoms with Crippen LogP contribution in [0.3, 0.4) is 0 Å². The second-order valence-corrected chi connectivity index (χ2v) is 7.26. The average Bonchev–Trinajstić information content (AvgIpc) is 2.43. The van der Waals surface area contributed by atoms with Crippen molar-refractivity contribution in [2.45, 2.75) is 31.6 Å². The van der Waals surface area contributed by atoms with Gasteiger partial charge in [-0.25, -0.2) is 8.42 Å². The number of carbonyl (C=O) groups excluding carboxylic acids is 1. The Morgan fingerprint density at radius 3 is 2.80 bits per heavy atom. The van der Waals surface area contributed by atoms with E-state index >= 15 is 0 Å². The monoisotopic (exact) mass is 323 g/mol. The van der Waals surface area contributed by atoms with Gasteiger partial charge in [-0.05, 0) is 13.3 Å². The first kappa shape index (κ1) is 17.3. The van der Waals surface area contributed by atoms with Crippen molar-refractivity contribution in [3.05, 3.63) is 0 Å². The zero-order valence-electron chi connectivity index (χ0n) is 11.7. The van der Waals surface area contributed by atoms with Gasteiger partial charge in [0.1, 0.15) is 11.3 Å². The van der Waals surface area contributed by atoms with Crippen LogP contribution in [0, 0.1) is 0 Å². The standard InChI is InChI=1S/C11H21N3O4S2/c1-3-4-13-11(15)9-7-18-6-5-14(9)20(16,17)8(2)10(12)19/h8-9H,3-7H2,1-2H3,(H2,12,19)(H,13,15). The normalized spacial score (nSPS) is 22.2. The number of thiocarbonyl (C=S) groups is 1. The molecule has 2 unspecified atom stereocenters. The molecule has 1 amide bonds. The largest absolute Gasteiger partial charge is 0.392 e. The molecule has 1 heterocycles. The van der Waals surface area contributed by atoms with E-state index in [0.717, 1.165) is 10.7 Å². The smallest absolute Gasteiger partial charge is 0.240 e.